The molecular formula is C16H25NO3. The smallest absolute Gasteiger partial charge is 0.118 e. The molecule has 0 heterocycles. The van der Waals surface area contributed by atoms with E-state index in [1.165, 1.54) is 18.4 Å². The Morgan fingerprint density at radius 3 is 2.70 bits per heavy atom. The summed E-state index contributed by atoms with van der Waals surface area (Å²) in [5.41, 5.74) is 1.26. The second-order valence-corrected chi connectivity index (χ2v) is 5.44. The number of rotatable bonds is 10. The Labute approximate surface area is 121 Å². The van der Waals surface area contributed by atoms with Crippen LogP contribution in [0.4, 0.5) is 0 Å². The lowest BCUT2D eigenvalue weighted by atomic mass is 10.1. The van der Waals surface area contributed by atoms with Crippen LogP contribution in [-0.4, -0.2) is 44.6 Å². The van der Waals surface area contributed by atoms with Crippen molar-refractivity contribution >= 4 is 0 Å². The largest absolute Gasteiger partial charge is 0.497 e. The predicted molar refractivity (Wildman–Crippen MR) is 79.1 cm³/mol. The third-order valence-electron chi connectivity index (χ3n) is 3.49. The van der Waals surface area contributed by atoms with Crippen molar-refractivity contribution in [3.05, 3.63) is 29.8 Å². The first kappa shape index (κ1) is 15.3. The number of nitrogens with one attached hydrogen (secondary N) is 1. The van der Waals surface area contributed by atoms with E-state index < -0.39 is 6.10 Å². The zero-order chi connectivity index (χ0) is 14.2. The van der Waals surface area contributed by atoms with Gasteiger partial charge in [-0.3, -0.25) is 0 Å². The van der Waals surface area contributed by atoms with Crippen LogP contribution in [-0.2, 0) is 11.2 Å². The topological polar surface area (TPSA) is 50.7 Å². The quantitative estimate of drug-likeness (QED) is 0.639. The van der Waals surface area contributed by atoms with Crippen molar-refractivity contribution in [1.82, 2.24) is 5.32 Å². The van der Waals surface area contributed by atoms with Crippen LogP contribution in [0.3, 0.4) is 0 Å². The van der Waals surface area contributed by atoms with E-state index in [2.05, 4.69) is 17.4 Å². The van der Waals surface area contributed by atoms with Crippen molar-refractivity contribution in [3.8, 4) is 5.75 Å². The highest BCUT2D eigenvalue weighted by Gasteiger charge is 2.21. The van der Waals surface area contributed by atoms with Crippen molar-refractivity contribution in [2.75, 3.05) is 33.4 Å². The van der Waals surface area contributed by atoms with E-state index >= 15 is 0 Å². The molecule has 1 aliphatic rings. The monoisotopic (exact) mass is 279 g/mol. The second kappa shape index (κ2) is 8.25. The minimum Gasteiger partial charge on any atom is -0.497 e. The van der Waals surface area contributed by atoms with Crippen LogP contribution in [0.2, 0.25) is 0 Å². The summed E-state index contributed by atoms with van der Waals surface area (Å²) in [5.74, 6) is 1.63. The third kappa shape index (κ3) is 5.90. The highest BCUT2D eigenvalue weighted by molar-refractivity contribution is 5.27. The molecule has 1 saturated carbocycles. The van der Waals surface area contributed by atoms with Gasteiger partial charge >= 0.3 is 0 Å². The van der Waals surface area contributed by atoms with Gasteiger partial charge in [0.2, 0.25) is 0 Å². The number of benzene rings is 1. The molecule has 1 unspecified atom stereocenters. The average Bonchev–Trinajstić information content (AvgIpc) is 3.28. The van der Waals surface area contributed by atoms with Gasteiger partial charge in [0.15, 0.2) is 0 Å². The van der Waals surface area contributed by atoms with Crippen LogP contribution in [0.5, 0.6) is 5.75 Å². The molecule has 0 amide bonds. The summed E-state index contributed by atoms with van der Waals surface area (Å²) in [6, 6.07) is 8.07. The van der Waals surface area contributed by atoms with Gasteiger partial charge in [0.05, 0.1) is 19.8 Å². The zero-order valence-electron chi connectivity index (χ0n) is 12.2. The molecule has 1 aliphatic carbocycles. The van der Waals surface area contributed by atoms with Crippen LogP contribution in [0.15, 0.2) is 24.3 Å². The number of hydrogen-bond acceptors (Lipinski definition) is 4. The van der Waals surface area contributed by atoms with Gasteiger partial charge in [-0.05, 0) is 49.4 Å². The lowest BCUT2D eigenvalue weighted by molar-refractivity contribution is 0.0327. The minimum absolute atomic E-state index is 0.412. The normalized spacial score (nSPS) is 16.1. The number of aliphatic hydroxyl groups is 1. The SMILES string of the molecule is COc1ccc(CCNCC(O)COCC2CC2)cc1. The van der Waals surface area contributed by atoms with E-state index in [0.717, 1.165) is 31.2 Å². The summed E-state index contributed by atoms with van der Waals surface area (Å²) in [5, 5.41) is 13.0. The van der Waals surface area contributed by atoms with Crippen molar-refractivity contribution in [3.63, 3.8) is 0 Å². The summed E-state index contributed by atoms with van der Waals surface area (Å²) < 4.78 is 10.6. The summed E-state index contributed by atoms with van der Waals surface area (Å²) in [6.45, 7) is 2.68. The number of hydrogen-bond donors (Lipinski definition) is 2. The van der Waals surface area contributed by atoms with E-state index in [4.69, 9.17) is 9.47 Å². The number of aliphatic hydroxyl groups excluding tert-OH is 1. The van der Waals surface area contributed by atoms with Gasteiger partial charge in [-0.2, -0.15) is 0 Å². The molecule has 4 heteroatoms. The van der Waals surface area contributed by atoms with Crippen LogP contribution < -0.4 is 10.1 Å². The van der Waals surface area contributed by atoms with Gasteiger partial charge in [-0.25, -0.2) is 0 Å². The molecular weight excluding hydrogens is 254 g/mol. The summed E-state index contributed by atoms with van der Waals surface area (Å²) in [7, 11) is 1.67. The Morgan fingerprint density at radius 1 is 1.30 bits per heavy atom. The third-order valence-corrected chi connectivity index (χ3v) is 3.49. The first-order valence-corrected chi connectivity index (χ1v) is 7.37. The van der Waals surface area contributed by atoms with E-state index in [1.54, 1.807) is 7.11 Å². The maximum Gasteiger partial charge on any atom is 0.118 e. The zero-order valence-corrected chi connectivity index (χ0v) is 12.2. The molecule has 112 valence electrons. The molecule has 4 nitrogen and oxygen atoms in total. The molecule has 0 bridgehead atoms. The fourth-order valence-corrected chi connectivity index (χ4v) is 2.01. The Kier molecular flexibility index (Phi) is 6.30. The van der Waals surface area contributed by atoms with Gasteiger partial charge in [0, 0.05) is 13.2 Å². The molecule has 0 radical (unpaired) electrons. The molecule has 2 rings (SSSR count). The first-order chi connectivity index (χ1) is 9.78. The van der Waals surface area contributed by atoms with Gasteiger partial charge in [0.25, 0.3) is 0 Å². The Hall–Kier alpha value is -1.10. The Bertz CT molecular complexity index is 376. The lowest BCUT2D eigenvalue weighted by Gasteiger charge is -2.12. The predicted octanol–water partition coefficient (Wildman–Crippen LogP) is 1.61. The maximum atomic E-state index is 9.74. The summed E-state index contributed by atoms with van der Waals surface area (Å²) >= 11 is 0. The van der Waals surface area contributed by atoms with Crippen LogP contribution in [0.1, 0.15) is 18.4 Å². The number of ether oxygens (including phenoxy) is 2. The molecule has 20 heavy (non-hydrogen) atoms. The fraction of sp³-hybridized carbons (Fsp3) is 0.625. The standard InChI is InChI=1S/C16H25NO3/c1-19-16-6-4-13(5-7-16)8-9-17-10-15(18)12-20-11-14-2-3-14/h4-7,14-15,17-18H,2-3,8-12H2,1H3. The van der Waals surface area contributed by atoms with Gasteiger partial charge in [-0.15, -0.1) is 0 Å². The van der Waals surface area contributed by atoms with Crippen LogP contribution in [0.25, 0.3) is 0 Å². The fourth-order valence-electron chi connectivity index (χ4n) is 2.01. The summed E-state index contributed by atoms with van der Waals surface area (Å²) in [6.07, 6.45) is 3.11. The first-order valence-electron chi connectivity index (χ1n) is 7.37. The Morgan fingerprint density at radius 2 is 2.05 bits per heavy atom. The second-order valence-electron chi connectivity index (χ2n) is 5.44. The molecule has 0 spiro atoms. The van der Waals surface area contributed by atoms with Crippen molar-refractivity contribution in [2.45, 2.75) is 25.4 Å². The van der Waals surface area contributed by atoms with Crippen LogP contribution in [0, 0.1) is 5.92 Å². The van der Waals surface area contributed by atoms with E-state index in [-0.39, 0.29) is 0 Å². The molecule has 2 N–H and O–H groups in total. The van der Waals surface area contributed by atoms with Gasteiger partial charge < -0.3 is 19.9 Å². The lowest BCUT2D eigenvalue weighted by Crippen LogP contribution is -2.31. The molecule has 1 aromatic rings. The van der Waals surface area contributed by atoms with E-state index in [0.29, 0.717) is 13.2 Å². The molecule has 0 aromatic heterocycles. The average molecular weight is 279 g/mol. The number of methoxy groups -OCH3 is 1. The van der Waals surface area contributed by atoms with Crippen molar-refractivity contribution in [2.24, 2.45) is 5.92 Å². The molecule has 1 aromatic carbocycles. The van der Waals surface area contributed by atoms with E-state index in [9.17, 15) is 5.11 Å². The maximum absolute atomic E-state index is 9.74. The molecule has 0 saturated heterocycles. The highest BCUT2D eigenvalue weighted by Crippen LogP contribution is 2.28. The highest BCUT2D eigenvalue weighted by atomic mass is 16.5. The van der Waals surface area contributed by atoms with Crippen molar-refractivity contribution < 1.29 is 14.6 Å². The molecule has 1 atom stereocenters. The Balaban J connectivity index is 1.50. The summed E-state index contributed by atoms with van der Waals surface area (Å²) in [4.78, 5) is 0. The van der Waals surface area contributed by atoms with Crippen LogP contribution >= 0.6 is 0 Å². The minimum atomic E-state index is -0.412. The van der Waals surface area contributed by atoms with E-state index in [1.807, 2.05) is 12.1 Å². The van der Waals surface area contributed by atoms with Gasteiger partial charge in [-0.1, -0.05) is 12.1 Å². The molecule has 0 aliphatic heterocycles. The van der Waals surface area contributed by atoms with Gasteiger partial charge in [0.1, 0.15) is 5.75 Å². The molecule has 1 fully saturated rings. The van der Waals surface area contributed by atoms with Crippen molar-refractivity contribution in [1.29, 1.82) is 0 Å².